The van der Waals surface area contributed by atoms with Crippen molar-refractivity contribution in [1.82, 2.24) is 39.9 Å². The van der Waals surface area contributed by atoms with Crippen molar-refractivity contribution in [1.29, 1.82) is 0 Å². The van der Waals surface area contributed by atoms with Crippen LogP contribution in [0.2, 0.25) is 0 Å². The minimum Gasteiger partial charge on any atom is -0.357 e. The van der Waals surface area contributed by atoms with Crippen LogP contribution >= 0.6 is 0 Å². The molecule has 3 aromatic heterocycles. The van der Waals surface area contributed by atoms with Crippen LogP contribution in [0.4, 0.5) is 0 Å². The second kappa shape index (κ2) is 16.5. The summed E-state index contributed by atoms with van der Waals surface area (Å²) in [5.41, 5.74) is -8.29. The van der Waals surface area contributed by atoms with Crippen molar-refractivity contribution in [2.75, 3.05) is 0 Å². The van der Waals surface area contributed by atoms with Gasteiger partial charge in [0.15, 0.2) is 0 Å². The second-order valence-corrected chi connectivity index (χ2v) is 25.9. The van der Waals surface area contributed by atoms with Crippen molar-refractivity contribution < 1.29 is 121 Å². The maximum Gasteiger partial charge on any atom is 2.00 e. The third-order valence-electron chi connectivity index (χ3n) is 10.2. The number of hydrogen-bond donors (Lipinski definition) is 8. The van der Waals surface area contributed by atoms with Crippen LogP contribution in [0.3, 0.4) is 0 Å². The van der Waals surface area contributed by atoms with Gasteiger partial charge in [0, 0.05) is 55.6 Å². The van der Waals surface area contributed by atoms with Gasteiger partial charge in [0.05, 0.1) is 42.9 Å². The van der Waals surface area contributed by atoms with Crippen LogP contribution in [0.1, 0.15) is 0 Å². The van der Waals surface area contributed by atoms with Crippen molar-refractivity contribution in [2.45, 2.75) is 39.2 Å². The summed E-state index contributed by atoms with van der Waals surface area (Å²) in [6.07, 6.45) is 0. The average molecular weight is 1210 g/mol. The van der Waals surface area contributed by atoms with Crippen LogP contribution in [-0.2, 0) is 97.7 Å². The first-order valence-electron chi connectivity index (χ1n) is 18.0. The number of fused-ring (bicyclic) bond motifs is 20. The third kappa shape index (κ3) is 9.36. The standard InChI is InChI=1S/C32H16N8O24S8.Co/c41-65(42,43)9-1-13-21(17(5-9)69(53,54)55)29-33-25(13)37-30-22-14(2-10(66(44,45)46)6-18(22)70(56,57)58)27(34-30)39-32-24-16(4-12(68(50,51)52)8-20(24)72(62,63)64)28(36-32)40-31-23-15(26(35-31)38-29)3-11(67(47,48)49)7-19(23)71(59,60)61;/h1-8H,(H8-2,33,34,35,36,37,38,39,40,41,42,43,44,45,46,47,48,49,50,51,52,53,54,55,56,57,58,59,60,61,62,63,64);/q-2;+2. The van der Waals surface area contributed by atoms with E-state index in [1.54, 1.807) is 0 Å². The molecule has 32 nitrogen and oxygen atoms in total. The molecule has 8 bridgehead atoms. The summed E-state index contributed by atoms with van der Waals surface area (Å²) in [5.74, 6) is -4.41. The van der Waals surface area contributed by atoms with Gasteiger partial charge in [0.25, 0.3) is 80.9 Å². The molecule has 0 saturated carbocycles. The first kappa shape index (κ1) is 53.3. The molecule has 0 amide bonds. The molecule has 8 N–H and O–H groups in total. The average Bonchev–Trinajstić information content (AvgIpc) is 3.95. The molecule has 0 atom stereocenters. The van der Waals surface area contributed by atoms with E-state index in [4.69, 9.17) is 0 Å². The largest absolute Gasteiger partial charge is 2.00 e. The zero-order valence-corrected chi connectivity index (χ0v) is 41.5. The predicted octanol–water partition coefficient (Wildman–Crippen LogP) is 0.0985. The van der Waals surface area contributed by atoms with Crippen LogP contribution in [-0.4, -0.2) is 134 Å². The van der Waals surface area contributed by atoms with Crippen LogP contribution in [0.5, 0.6) is 0 Å². The van der Waals surface area contributed by atoms with E-state index in [9.17, 15) is 104 Å². The van der Waals surface area contributed by atoms with Crippen molar-refractivity contribution in [3.05, 3.63) is 48.5 Å². The molecule has 0 fully saturated rings. The maximum atomic E-state index is 13.0. The van der Waals surface area contributed by atoms with Gasteiger partial charge >= 0.3 is 16.8 Å². The van der Waals surface area contributed by atoms with Gasteiger partial charge in [-0.25, -0.2) is 9.97 Å². The zero-order chi connectivity index (χ0) is 53.2. The first-order chi connectivity index (χ1) is 32.7. The molecule has 41 heteroatoms. The molecule has 9 rings (SSSR count). The van der Waals surface area contributed by atoms with Gasteiger partial charge in [-0.3, -0.25) is 36.4 Å². The summed E-state index contributed by atoms with van der Waals surface area (Å²) in [4.78, 5) is 20.9. The Bertz CT molecular complexity index is 4600. The number of nitrogens with zero attached hydrogens (tertiary/aromatic N) is 8. The Morgan fingerprint density at radius 3 is 0.836 bits per heavy atom. The summed E-state index contributed by atoms with van der Waals surface area (Å²) >= 11 is 0. The molecule has 2 aliphatic rings. The maximum absolute atomic E-state index is 13.0. The molecule has 0 unspecified atom stereocenters. The zero-order valence-electron chi connectivity index (χ0n) is 33.9. The molecule has 73 heavy (non-hydrogen) atoms. The van der Waals surface area contributed by atoms with Gasteiger partial charge in [-0.05, 0) is 59.3 Å². The van der Waals surface area contributed by atoms with E-state index in [0.29, 0.717) is 24.3 Å². The summed E-state index contributed by atoms with van der Waals surface area (Å²) in [6, 6.07) is 2.31. The van der Waals surface area contributed by atoms with E-state index >= 15 is 0 Å². The predicted molar refractivity (Wildman–Crippen MR) is 233 cm³/mol. The van der Waals surface area contributed by atoms with Crippen molar-refractivity contribution in [3.8, 4) is 45.6 Å². The summed E-state index contributed by atoms with van der Waals surface area (Å²) in [6.45, 7) is 0. The van der Waals surface area contributed by atoms with Gasteiger partial charge in [0.1, 0.15) is 19.6 Å². The minimum atomic E-state index is -5.76. The summed E-state index contributed by atoms with van der Waals surface area (Å²) in [7, 11) is -45.1. The fraction of sp³-hybridized carbons (Fsp3) is 0. The Morgan fingerprint density at radius 1 is 0.301 bits per heavy atom. The Labute approximate surface area is 415 Å². The van der Waals surface area contributed by atoms with Gasteiger partial charge < -0.3 is 29.9 Å². The summed E-state index contributed by atoms with van der Waals surface area (Å²) < 4.78 is 286. The molecular formula is C32H16CoN8O24S8. The number of hydrogen-bond acceptors (Lipinski definition) is 22. The van der Waals surface area contributed by atoms with Crippen molar-refractivity contribution in [3.63, 3.8) is 0 Å². The monoisotopic (exact) mass is 1210 g/mol. The SMILES string of the molecule is O=S(=O)(O)c1cc2c(c(S(=O)(=O)O)c1)-c1nc-2nc2[n-]c(nc3nc(nc4[n-]c(n1)c1cc(S(=O)(=O)O)cc(S(=O)(=O)O)c41)-c1cc(S(=O)(=O)O)cc(S(=O)(=O)O)c1-3)c1cc(S(=O)(=O)O)cc(S(=O)(=O)O)c21.[Co+2]. The molecular weight excluding hydrogens is 1200 g/mol. The van der Waals surface area contributed by atoms with E-state index in [2.05, 4.69) is 39.9 Å². The van der Waals surface area contributed by atoms with E-state index in [0.717, 1.165) is 0 Å². The smallest absolute Gasteiger partial charge is 0.357 e. The Hall–Kier alpha value is -5.97. The molecule has 0 aliphatic carbocycles. The molecule has 4 aromatic carbocycles. The first-order valence-corrected chi connectivity index (χ1v) is 29.5. The van der Waals surface area contributed by atoms with Crippen molar-refractivity contribution >= 4 is 125 Å². The normalized spacial score (nSPS) is 13.7. The molecule has 2 aliphatic heterocycles. The van der Waals surface area contributed by atoms with Gasteiger partial charge in [-0.15, -0.1) is 0 Å². The third-order valence-corrected chi connectivity index (χ3v) is 17.0. The number of rotatable bonds is 8. The van der Waals surface area contributed by atoms with E-state index in [1.165, 1.54) is 0 Å². The molecule has 1 radical (unpaired) electrons. The van der Waals surface area contributed by atoms with Gasteiger partial charge in [-0.1, -0.05) is 0 Å². The Morgan fingerprint density at radius 2 is 0.562 bits per heavy atom. The van der Waals surface area contributed by atoms with Crippen LogP contribution in [0, 0.1) is 0 Å². The molecule has 0 saturated heterocycles. The van der Waals surface area contributed by atoms with Gasteiger partial charge in [-0.2, -0.15) is 67.3 Å². The fourth-order valence-corrected chi connectivity index (χ4v) is 12.7. The fourth-order valence-electron chi connectivity index (χ4n) is 7.33. The van der Waals surface area contributed by atoms with E-state index in [1.807, 2.05) is 0 Å². The van der Waals surface area contributed by atoms with Crippen molar-refractivity contribution in [2.24, 2.45) is 0 Å². The van der Waals surface area contributed by atoms with E-state index < -0.39 is 210 Å². The topological polar surface area (TPSA) is 540 Å². The number of aromatic nitrogens is 8. The summed E-state index contributed by atoms with van der Waals surface area (Å²) in [5, 5.41) is -3.87. The van der Waals surface area contributed by atoms with Crippen LogP contribution in [0.15, 0.2) is 87.7 Å². The Balaban J connectivity index is 0.00000711. The number of benzene rings is 4. The molecule has 0 spiro atoms. The Kier molecular flexibility index (Phi) is 12.1. The van der Waals surface area contributed by atoms with Gasteiger partial charge in [0.2, 0.25) is 0 Å². The molecule has 385 valence electrons. The second-order valence-electron chi connectivity index (χ2n) is 14.7. The quantitative estimate of drug-likeness (QED) is 0.0935. The molecule has 7 aromatic rings. The van der Waals surface area contributed by atoms with E-state index in [-0.39, 0.29) is 41.0 Å². The minimum absolute atomic E-state index is 0. The van der Waals surface area contributed by atoms with Crippen LogP contribution < -0.4 is 9.97 Å². The van der Waals surface area contributed by atoms with Crippen LogP contribution in [0.25, 0.3) is 89.7 Å². The molecule has 5 heterocycles.